The molecule has 2 atom stereocenters. The zero-order valence-corrected chi connectivity index (χ0v) is 23.1. The normalized spacial score (nSPS) is 19.4. The van der Waals surface area contributed by atoms with Crippen molar-refractivity contribution in [2.75, 3.05) is 26.4 Å². The Morgan fingerprint density at radius 3 is 2.34 bits per heavy atom. The maximum Gasteiger partial charge on any atom is 0.416 e. The van der Waals surface area contributed by atoms with Crippen LogP contribution in [-0.4, -0.2) is 42.7 Å². The van der Waals surface area contributed by atoms with Crippen LogP contribution in [-0.2, 0) is 17.5 Å². The fraction of sp³-hybridized carbons (Fsp3) is 0.600. The van der Waals surface area contributed by atoms with E-state index in [1.54, 1.807) is 6.07 Å². The number of rotatable bonds is 6. The molecule has 2 heterocycles. The molecule has 2 aliphatic rings. The summed E-state index contributed by atoms with van der Waals surface area (Å²) in [5.41, 5.74) is 1.86. The van der Waals surface area contributed by atoms with Crippen molar-refractivity contribution < 1.29 is 32.9 Å². The maximum atomic E-state index is 12.6. The molecule has 0 bridgehead atoms. The molecule has 0 aromatic heterocycles. The van der Waals surface area contributed by atoms with Crippen molar-refractivity contribution in [3.8, 4) is 5.75 Å². The van der Waals surface area contributed by atoms with Crippen molar-refractivity contribution in [3.63, 3.8) is 0 Å². The number of benzene rings is 2. The average Bonchev–Trinajstić information content (AvgIpc) is 2.89. The van der Waals surface area contributed by atoms with Gasteiger partial charge in [-0.1, -0.05) is 50.6 Å². The molecule has 38 heavy (non-hydrogen) atoms. The Kier molecular flexibility index (Phi) is 13.6. The second kappa shape index (κ2) is 16.1. The van der Waals surface area contributed by atoms with Crippen LogP contribution in [0, 0.1) is 18.8 Å². The topological polar surface area (TPSA) is 71.0 Å². The van der Waals surface area contributed by atoms with Crippen LogP contribution in [0.25, 0.3) is 0 Å². The van der Waals surface area contributed by atoms with Crippen molar-refractivity contribution in [1.82, 2.24) is 5.32 Å². The first kappa shape index (κ1) is 32.1. The minimum atomic E-state index is -4.27. The highest BCUT2D eigenvalue weighted by atomic mass is 19.4. The van der Waals surface area contributed by atoms with Crippen molar-refractivity contribution in [3.05, 3.63) is 64.7 Å². The molecule has 2 aromatic carbocycles. The van der Waals surface area contributed by atoms with Crippen LogP contribution < -0.4 is 10.1 Å². The van der Waals surface area contributed by atoms with Crippen molar-refractivity contribution in [2.24, 2.45) is 11.8 Å². The highest BCUT2D eigenvalue weighted by Gasteiger charge is 2.34. The van der Waals surface area contributed by atoms with Crippen LogP contribution in [0.5, 0.6) is 5.75 Å². The SMILES string of the molecule is CC(C)CNCc1ccccc1C(F)(F)F.CCCO.Cc1ccc2c(c1)C(O)CC(C1CCOCC1)O2. The van der Waals surface area contributed by atoms with Crippen molar-refractivity contribution >= 4 is 0 Å². The number of hydrogen-bond acceptors (Lipinski definition) is 5. The summed E-state index contributed by atoms with van der Waals surface area (Å²) < 4.78 is 49.3. The summed E-state index contributed by atoms with van der Waals surface area (Å²) in [5, 5.41) is 21.2. The molecule has 1 fully saturated rings. The predicted molar refractivity (Wildman–Crippen MR) is 144 cm³/mol. The third-order valence-corrected chi connectivity index (χ3v) is 6.46. The molecule has 0 saturated carbocycles. The van der Waals surface area contributed by atoms with E-state index >= 15 is 0 Å². The minimum absolute atomic E-state index is 0.138. The Morgan fingerprint density at radius 1 is 1.08 bits per heavy atom. The molecule has 0 amide bonds. The van der Waals surface area contributed by atoms with E-state index in [0.717, 1.165) is 49.9 Å². The fourth-order valence-corrected chi connectivity index (χ4v) is 4.42. The van der Waals surface area contributed by atoms with E-state index in [2.05, 4.69) is 5.32 Å². The molecule has 0 spiro atoms. The monoisotopic (exact) mass is 539 g/mol. The van der Waals surface area contributed by atoms with E-state index in [1.165, 1.54) is 17.7 Å². The molecule has 2 unspecified atom stereocenters. The van der Waals surface area contributed by atoms with Crippen LogP contribution in [0.1, 0.15) is 74.8 Å². The van der Waals surface area contributed by atoms with Gasteiger partial charge in [-0.2, -0.15) is 13.2 Å². The maximum absolute atomic E-state index is 12.6. The average molecular weight is 540 g/mol. The number of ether oxygens (including phenoxy) is 2. The van der Waals surface area contributed by atoms with E-state index < -0.39 is 11.7 Å². The van der Waals surface area contributed by atoms with Crippen LogP contribution in [0.2, 0.25) is 0 Å². The van der Waals surface area contributed by atoms with E-state index in [9.17, 15) is 18.3 Å². The first-order valence-electron chi connectivity index (χ1n) is 13.6. The lowest BCUT2D eigenvalue weighted by Crippen LogP contribution is -2.36. The van der Waals surface area contributed by atoms with Crippen molar-refractivity contribution in [1.29, 1.82) is 0 Å². The quantitative estimate of drug-likeness (QED) is 0.394. The van der Waals surface area contributed by atoms with Gasteiger partial charge in [0.25, 0.3) is 0 Å². The number of nitrogens with one attached hydrogen (secondary N) is 1. The van der Waals surface area contributed by atoms with Gasteiger partial charge in [-0.15, -0.1) is 0 Å². The third kappa shape index (κ3) is 10.6. The van der Waals surface area contributed by atoms with Gasteiger partial charge < -0.3 is 25.0 Å². The Hall–Kier alpha value is -2.13. The van der Waals surface area contributed by atoms with Gasteiger partial charge in [0, 0.05) is 44.3 Å². The standard InChI is InChI=1S/C15H20O3.C12H16F3N.C3H8O/c1-10-2-3-14-12(8-10)13(16)9-15(18-14)11-4-6-17-7-5-11;1-9(2)7-16-8-10-5-3-4-6-11(10)12(13,14)15;1-2-3-4/h2-3,8,11,13,15-16H,4-7,9H2,1H3;3-6,9,16H,7-8H2,1-2H3;4H,2-3H2,1H3. The molecule has 5 nitrogen and oxygen atoms in total. The number of halogens is 3. The summed E-state index contributed by atoms with van der Waals surface area (Å²) in [6.07, 6.45) is -0.852. The Bertz CT molecular complexity index is 943. The van der Waals surface area contributed by atoms with Crippen LogP contribution in [0.3, 0.4) is 0 Å². The lowest BCUT2D eigenvalue weighted by atomic mass is 9.86. The highest BCUT2D eigenvalue weighted by Crippen LogP contribution is 2.39. The van der Waals surface area contributed by atoms with Gasteiger partial charge in [0.15, 0.2) is 0 Å². The van der Waals surface area contributed by atoms with Crippen molar-refractivity contribution in [2.45, 2.75) is 78.3 Å². The molecule has 2 aliphatic heterocycles. The van der Waals surface area contributed by atoms with E-state index in [4.69, 9.17) is 14.6 Å². The zero-order chi connectivity index (χ0) is 28.1. The van der Waals surface area contributed by atoms with Crippen LogP contribution in [0.15, 0.2) is 42.5 Å². The summed E-state index contributed by atoms with van der Waals surface area (Å²) in [4.78, 5) is 0. The molecule has 8 heteroatoms. The zero-order valence-electron chi connectivity index (χ0n) is 23.1. The summed E-state index contributed by atoms with van der Waals surface area (Å²) in [6, 6.07) is 11.7. The molecule has 1 saturated heterocycles. The van der Waals surface area contributed by atoms with E-state index in [-0.39, 0.29) is 18.8 Å². The summed E-state index contributed by atoms with van der Waals surface area (Å²) >= 11 is 0. The molecule has 0 aliphatic carbocycles. The van der Waals surface area contributed by atoms with Gasteiger partial charge in [0.1, 0.15) is 11.9 Å². The van der Waals surface area contributed by atoms with Gasteiger partial charge in [-0.3, -0.25) is 0 Å². The lowest BCUT2D eigenvalue weighted by Gasteiger charge is -2.36. The highest BCUT2D eigenvalue weighted by molar-refractivity contribution is 5.40. The van der Waals surface area contributed by atoms with E-state index in [0.29, 0.717) is 37.0 Å². The number of alkyl halides is 3. The summed E-state index contributed by atoms with van der Waals surface area (Å²) in [7, 11) is 0. The number of hydrogen-bond donors (Lipinski definition) is 3. The van der Waals surface area contributed by atoms with Gasteiger partial charge in [0.05, 0.1) is 11.7 Å². The second-order valence-corrected chi connectivity index (χ2v) is 10.3. The molecular weight excluding hydrogens is 495 g/mol. The minimum Gasteiger partial charge on any atom is -0.490 e. The molecular formula is C30H44F3NO4. The number of aliphatic hydroxyl groups excluding tert-OH is 2. The van der Waals surface area contributed by atoms with Gasteiger partial charge in [0.2, 0.25) is 0 Å². The molecule has 0 radical (unpaired) electrons. The van der Waals surface area contributed by atoms with Gasteiger partial charge >= 0.3 is 6.18 Å². The smallest absolute Gasteiger partial charge is 0.416 e. The third-order valence-electron chi connectivity index (χ3n) is 6.46. The van der Waals surface area contributed by atoms with Gasteiger partial charge in [-0.05, 0) is 62.4 Å². The molecule has 2 aromatic rings. The van der Waals surface area contributed by atoms with Crippen LogP contribution >= 0.6 is 0 Å². The largest absolute Gasteiger partial charge is 0.490 e. The molecule has 3 N–H and O–H groups in total. The second-order valence-electron chi connectivity index (χ2n) is 10.3. The van der Waals surface area contributed by atoms with E-state index in [1.807, 2.05) is 45.9 Å². The predicted octanol–water partition coefficient (Wildman–Crippen LogP) is 6.45. The first-order chi connectivity index (χ1) is 18.1. The first-order valence-corrected chi connectivity index (χ1v) is 13.6. The Balaban J connectivity index is 0.000000236. The lowest BCUT2D eigenvalue weighted by molar-refractivity contribution is -0.138. The fourth-order valence-electron chi connectivity index (χ4n) is 4.42. The Labute approximate surface area is 225 Å². The number of aryl methyl sites for hydroxylation is 1. The van der Waals surface area contributed by atoms with Gasteiger partial charge in [-0.25, -0.2) is 0 Å². The number of aliphatic hydroxyl groups is 2. The summed E-state index contributed by atoms with van der Waals surface area (Å²) in [6.45, 7) is 10.9. The van der Waals surface area contributed by atoms with Crippen LogP contribution in [0.4, 0.5) is 13.2 Å². The number of fused-ring (bicyclic) bond motifs is 1. The molecule has 214 valence electrons. The molecule has 4 rings (SSSR count). The summed E-state index contributed by atoms with van der Waals surface area (Å²) in [5.74, 6) is 1.80. The Morgan fingerprint density at radius 2 is 1.74 bits per heavy atom.